The molecule has 0 saturated carbocycles. The zero-order valence-electron chi connectivity index (χ0n) is 17.9. The Morgan fingerprint density at radius 2 is 1.94 bits per heavy atom. The van der Waals surface area contributed by atoms with Crippen molar-refractivity contribution in [1.29, 1.82) is 5.41 Å². The van der Waals surface area contributed by atoms with E-state index in [-0.39, 0.29) is 11.4 Å². The van der Waals surface area contributed by atoms with E-state index in [0.29, 0.717) is 5.17 Å². The van der Waals surface area contributed by atoms with Crippen molar-refractivity contribution < 1.29 is 4.79 Å². The number of nitrogens with one attached hydrogen (secondary N) is 1. The minimum atomic E-state index is -0.409. The van der Waals surface area contributed by atoms with Gasteiger partial charge in [-0.25, -0.2) is 0 Å². The molecular formula is C24H21N5OS2. The third kappa shape index (κ3) is 3.45. The number of hydrogen-bond acceptors (Lipinski definition) is 5. The Labute approximate surface area is 194 Å². The minimum absolute atomic E-state index is 0.0520. The molecule has 160 valence electrons. The van der Waals surface area contributed by atoms with E-state index in [0.717, 1.165) is 39.0 Å². The predicted octanol–water partition coefficient (Wildman–Crippen LogP) is 5.39. The van der Waals surface area contributed by atoms with Gasteiger partial charge in [0.05, 0.1) is 10.5 Å². The van der Waals surface area contributed by atoms with Gasteiger partial charge in [0.15, 0.2) is 5.84 Å². The SMILES string of the molecule is CCc1ccc(-n2c(C)cc(/C=C3/C(=N)N4N=C(c5cccs5)SC4=NC3=O)c2C)cc1. The van der Waals surface area contributed by atoms with E-state index >= 15 is 0 Å². The first-order valence-electron chi connectivity index (χ1n) is 10.3. The number of thiophene rings is 1. The standard InChI is InChI=1S/C24H21N5OS2/c1-4-16-7-9-18(10-8-16)28-14(2)12-17(15(28)3)13-19-21(25)29-24(26-22(19)30)32-23(27-29)20-6-5-11-31-20/h5-13,25H,4H2,1-3H3/b19-13-,25-21?. The predicted molar refractivity (Wildman–Crippen MR) is 133 cm³/mol. The van der Waals surface area contributed by atoms with E-state index in [2.05, 4.69) is 45.9 Å². The van der Waals surface area contributed by atoms with Crippen LogP contribution in [0.1, 0.15) is 34.3 Å². The highest BCUT2D eigenvalue weighted by atomic mass is 32.2. The molecule has 2 aliphatic heterocycles. The number of amidine groups is 2. The van der Waals surface area contributed by atoms with Crippen molar-refractivity contribution in [3.8, 4) is 5.69 Å². The zero-order chi connectivity index (χ0) is 22.4. The van der Waals surface area contributed by atoms with Crippen LogP contribution in [0.15, 0.2) is 63.5 Å². The molecular weight excluding hydrogens is 438 g/mol. The number of aryl methyl sites for hydroxylation is 2. The Kier molecular flexibility index (Phi) is 5.19. The third-order valence-electron chi connectivity index (χ3n) is 5.56. The van der Waals surface area contributed by atoms with Crippen molar-refractivity contribution in [1.82, 2.24) is 9.58 Å². The van der Waals surface area contributed by atoms with Crippen LogP contribution in [0, 0.1) is 19.3 Å². The normalized spacial score (nSPS) is 17.1. The fraction of sp³-hybridized carbons (Fsp3) is 0.167. The number of thioether (sulfide) groups is 1. The topological polar surface area (TPSA) is 73.8 Å². The second-order valence-electron chi connectivity index (χ2n) is 7.58. The van der Waals surface area contributed by atoms with E-state index in [9.17, 15) is 4.79 Å². The highest BCUT2D eigenvalue weighted by Crippen LogP contribution is 2.33. The van der Waals surface area contributed by atoms with E-state index in [1.165, 1.54) is 22.3 Å². The van der Waals surface area contributed by atoms with Crippen LogP contribution < -0.4 is 0 Å². The number of aliphatic imine (C=N–C) groups is 1. The van der Waals surface area contributed by atoms with Crippen molar-refractivity contribution in [2.45, 2.75) is 27.2 Å². The molecule has 3 aromatic rings. The molecule has 2 aromatic heterocycles. The van der Waals surface area contributed by atoms with E-state index in [1.54, 1.807) is 17.4 Å². The van der Waals surface area contributed by atoms with Gasteiger partial charge in [0, 0.05) is 17.1 Å². The van der Waals surface area contributed by atoms with Crippen LogP contribution in [0.2, 0.25) is 0 Å². The van der Waals surface area contributed by atoms with Crippen molar-refractivity contribution in [3.63, 3.8) is 0 Å². The largest absolute Gasteiger partial charge is 0.318 e. The van der Waals surface area contributed by atoms with Gasteiger partial charge >= 0.3 is 0 Å². The average molecular weight is 460 g/mol. The minimum Gasteiger partial charge on any atom is -0.318 e. The van der Waals surface area contributed by atoms with E-state index in [4.69, 9.17) is 5.41 Å². The van der Waals surface area contributed by atoms with Crippen molar-refractivity contribution in [3.05, 3.63) is 80.8 Å². The van der Waals surface area contributed by atoms with Gasteiger partial charge in [-0.2, -0.15) is 15.1 Å². The molecule has 0 atom stereocenters. The Bertz CT molecular complexity index is 1330. The summed E-state index contributed by atoms with van der Waals surface area (Å²) in [7, 11) is 0. The van der Waals surface area contributed by atoms with Gasteiger partial charge in [0.1, 0.15) is 5.04 Å². The molecule has 0 radical (unpaired) electrons. The second-order valence-corrected chi connectivity index (χ2v) is 9.49. The number of hydrogen-bond donors (Lipinski definition) is 1. The number of rotatable bonds is 4. The summed E-state index contributed by atoms with van der Waals surface area (Å²) in [6.45, 7) is 6.21. The molecule has 5 rings (SSSR count). The molecule has 0 unspecified atom stereocenters. The van der Waals surface area contributed by atoms with E-state index < -0.39 is 5.91 Å². The maximum atomic E-state index is 12.8. The lowest BCUT2D eigenvalue weighted by Gasteiger charge is -2.20. The fourth-order valence-corrected chi connectivity index (χ4v) is 5.54. The van der Waals surface area contributed by atoms with Gasteiger partial charge in [-0.1, -0.05) is 25.1 Å². The quantitative estimate of drug-likeness (QED) is 0.532. The maximum Gasteiger partial charge on any atom is 0.283 e. The van der Waals surface area contributed by atoms with E-state index in [1.807, 2.05) is 37.4 Å². The summed E-state index contributed by atoms with van der Waals surface area (Å²) >= 11 is 2.89. The monoisotopic (exact) mass is 459 g/mol. The summed E-state index contributed by atoms with van der Waals surface area (Å²) in [5, 5.41) is 17.8. The summed E-state index contributed by atoms with van der Waals surface area (Å²) in [6, 6.07) is 14.5. The first-order chi connectivity index (χ1) is 15.5. The maximum absolute atomic E-state index is 12.8. The van der Waals surface area contributed by atoms with Gasteiger partial charge in [0.25, 0.3) is 5.91 Å². The second kappa shape index (κ2) is 8.03. The van der Waals surface area contributed by atoms with Gasteiger partial charge in [-0.3, -0.25) is 10.2 Å². The Balaban J connectivity index is 1.50. The van der Waals surface area contributed by atoms with Gasteiger partial charge < -0.3 is 4.57 Å². The van der Waals surface area contributed by atoms with Crippen LogP contribution in [0.3, 0.4) is 0 Å². The van der Waals surface area contributed by atoms with Gasteiger partial charge in [0.2, 0.25) is 5.17 Å². The molecule has 1 amide bonds. The Morgan fingerprint density at radius 1 is 1.16 bits per heavy atom. The summed E-state index contributed by atoms with van der Waals surface area (Å²) in [5.41, 5.74) is 5.57. The molecule has 4 heterocycles. The number of carbonyl (C=O) groups excluding carboxylic acids is 1. The van der Waals surface area contributed by atoms with Crippen molar-refractivity contribution in [2.24, 2.45) is 10.1 Å². The van der Waals surface area contributed by atoms with Crippen LogP contribution >= 0.6 is 23.1 Å². The summed E-state index contributed by atoms with van der Waals surface area (Å²) in [5.74, 6) is -0.357. The zero-order valence-corrected chi connectivity index (χ0v) is 19.5. The molecule has 0 saturated heterocycles. The number of benzene rings is 1. The number of hydrazone groups is 1. The lowest BCUT2D eigenvalue weighted by Crippen LogP contribution is -2.35. The molecule has 0 fully saturated rings. The highest BCUT2D eigenvalue weighted by molar-refractivity contribution is 8.27. The van der Waals surface area contributed by atoms with Crippen molar-refractivity contribution >= 4 is 51.1 Å². The van der Waals surface area contributed by atoms with Crippen LogP contribution in [-0.4, -0.2) is 31.5 Å². The molecule has 1 aromatic carbocycles. The highest BCUT2D eigenvalue weighted by Gasteiger charge is 2.36. The Morgan fingerprint density at radius 3 is 2.62 bits per heavy atom. The lowest BCUT2D eigenvalue weighted by atomic mass is 10.1. The molecule has 32 heavy (non-hydrogen) atoms. The number of fused-ring (bicyclic) bond motifs is 1. The van der Waals surface area contributed by atoms with Crippen LogP contribution in [0.5, 0.6) is 0 Å². The van der Waals surface area contributed by atoms with Gasteiger partial charge in [-0.05, 0) is 78.9 Å². The third-order valence-corrected chi connectivity index (χ3v) is 7.51. The first-order valence-corrected chi connectivity index (χ1v) is 12.0. The molecule has 8 heteroatoms. The first kappa shape index (κ1) is 20.7. The molecule has 1 N–H and O–H groups in total. The smallest absolute Gasteiger partial charge is 0.283 e. The molecule has 2 aliphatic rings. The van der Waals surface area contributed by atoms with Crippen LogP contribution in [0.4, 0.5) is 0 Å². The van der Waals surface area contributed by atoms with Crippen LogP contribution in [0.25, 0.3) is 11.8 Å². The molecule has 6 nitrogen and oxygen atoms in total. The summed E-state index contributed by atoms with van der Waals surface area (Å²) in [4.78, 5) is 18.0. The number of amides is 1. The fourth-order valence-electron chi connectivity index (χ4n) is 3.86. The van der Waals surface area contributed by atoms with Gasteiger partial charge in [-0.15, -0.1) is 11.3 Å². The number of aromatic nitrogens is 1. The van der Waals surface area contributed by atoms with Crippen LogP contribution in [-0.2, 0) is 11.2 Å². The summed E-state index contributed by atoms with van der Waals surface area (Å²) in [6.07, 6.45) is 2.76. The number of carbonyl (C=O) groups is 1. The average Bonchev–Trinajstić information content (AvgIpc) is 3.51. The molecule has 0 bridgehead atoms. The van der Waals surface area contributed by atoms with Crippen molar-refractivity contribution in [2.75, 3.05) is 0 Å². The molecule has 0 spiro atoms. The number of nitrogens with zero attached hydrogens (tertiary/aromatic N) is 4. The lowest BCUT2D eigenvalue weighted by molar-refractivity contribution is -0.114. The summed E-state index contributed by atoms with van der Waals surface area (Å²) < 4.78 is 2.16. The Hall–Kier alpha value is -3.23. The molecule has 0 aliphatic carbocycles.